The molecule has 33 heavy (non-hydrogen) atoms. The van der Waals surface area contributed by atoms with Crippen LogP contribution >= 0.6 is 0 Å². The Kier molecular flexibility index (Phi) is 8.38. The van der Waals surface area contributed by atoms with Crippen molar-refractivity contribution in [3.63, 3.8) is 0 Å². The number of carbonyl (C=O) groups is 1. The van der Waals surface area contributed by atoms with Crippen molar-refractivity contribution in [1.82, 2.24) is 5.32 Å². The summed E-state index contributed by atoms with van der Waals surface area (Å²) in [4.78, 5) is 22.7. The number of ether oxygens (including phenoxy) is 3. The van der Waals surface area contributed by atoms with Gasteiger partial charge in [0.05, 0.1) is 17.6 Å². The van der Waals surface area contributed by atoms with Gasteiger partial charge in [-0.25, -0.2) is 0 Å². The molecule has 0 radical (unpaired) electrons. The highest BCUT2D eigenvalue weighted by molar-refractivity contribution is 6.01. The number of benzene rings is 2. The molecule has 2 aromatic carbocycles. The highest BCUT2D eigenvalue weighted by Gasteiger charge is 2.18. The fourth-order valence-corrected chi connectivity index (χ4v) is 3.30. The Balaban J connectivity index is 1.68. The number of nitrogens with zero attached hydrogens (tertiary/aromatic N) is 2. The minimum absolute atomic E-state index is 0.00867. The third-order valence-electron chi connectivity index (χ3n) is 5.00. The van der Waals surface area contributed by atoms with Crippen LogP contribution < -0.4 is 14.8 Å². The van der Waals surface area contributed by atoms with Crippen LogP contribution in [0.3, 0.4) is 0 Å². The molecule has 1 amide bonds. The first-order valence-corrected chi connectivity index (χ1v) is 10.6. The van der Waals surface area contributed by atoms with Crippen LogP contribution in [0.5, 0.6) is 11.5 Å². The van der Waals surface area contributed by atoms with Crippen LogP contribution in [0.2, 0.25) is 0 Å². The van der Waals surface area contributed by atoms with E-state index in [1.54, 1.807) is 30.3 Å². The van der Waals surface area contributed by atoms with E-state index in [9.17, 15) is 20.2 Å². The molecule has 1 aliphatic rings. The van der Waals surface area contributed by atoms with Crippen LogP contribution in [0.15, 0.2) is 48.0 Å². The largest absolute Gasteiger partial charge is 0.490 e. The van der Waals surface area contributed by atoms with Gasteiger partial charge in [-0.1, -0.05) is 6.07 Å². The SMILES string of the molecule is CCOc1cc(/C=C(\C#N)C(=O)NC[C@@H]2CCCO2)ccc1OCc1ccc([N+](=O)[O-])cc1. The zero-order valence-corrected chi connectivity index (χ0v) is 18.3. The summed E-state index contributed by atoms with van der Waals surface area (Å²) >= 11 is 0. The van der Waals surface area contributed by atoms with Crippen LogP contribution in [0.1, 0.15) is 30.9 Å². The lowest BCUT2D eigenvalue weighted by atomic mass is 10.1. The van der Waals surface area contributed by atoms with Crippen LogP contribution in [0.4, 0.5) is 5.69 Å². The molecule has 1 heterocycles. The Morgan fingerprint density at radius 2 is 2.06 bits per heavy atom. The minimum Gasteiger partial charge on any atom is -0.490 e. The minimum atomic E-state index is -0.456. The second-order valence-electron chi connectivity index (χ2n) is 7.37. The van der Waals surface area contributed by atoms with Crippen molar-refractivity contribution in [2.75, 3.05) is 19.8 Å². The number of hydrogen-bond donors (Lipinski definition) is 1. The Morgan fingerprint density at radius 1 is 1.27 bits per heavy atom. The molecule has 1 atom stereocenters. The molecule has 3 rings (SSSR count). The van der Waals surface area contributed by atoms with Crippen molar-refractivity contribution in [3.8, 4) is 17.6 Å². The maximum Gasteiger partial charge on any atom is 0.269 e. The second-order valence-corrected chi connectivity index (χ2v) is 7.37. The molecule has 0 aliphatic carbocycles. The topological polar surface area (TPSA) is 124 Å². The van der Waals surface area contributed by atoms with Crippen molar-refractivity contribution in [1.29, 1.82) is 5.26 Å². The average molecular weight is 451 g/mol. The smallest absolute Gasteiger partial charge is 0.269 e. The first kappa shape index (κ1) is 23.8. The van der Waals surface area contributed by atoms with Crippen LogP contribution in [0, 0.1) is 21.4 Å². The molecule has 172 valence electrons. The number of non-ortho nitro benzene ring substituents is 1. The van der Waals surface area contributed by atoms with E-state index < -0.39 is 10.8 Å². The van der Waals surface area contributed by atoms with Crippen LogP contribution in [-0.4, -0.2) is 36.7 Å². The standard InChI is InChI=1S/C24H25N3O6/c1-2-31-23-13-18(12-19(14-25)24(28)26-15-21-4-3-11-32-21)7-10-22(23)33-16-17-5-8-20(9-6-17)27(29)30/h5-10,12-13,21H,2-4,11,15-16H2,1H3,(H,26,28)/b19-12+/t21-/m0/s1. The first-order valence-electron chi connectivity index (χ1n) is 10.6. The van der Waals surface area contributed by atoms with Crippen molar-refractivity contribution in [2.24, 2.45) is 0 Å². The van der Waals surface area contributed by atoms with Crippen molar-refractivity contribution in [3.05, 3.63) is 69.3 Å². The van der Waals surface area contributed by atoms with E-state index in [0.29, 0.717) is 36.8 Å². The number of nitriles is 1. The third-order valence-corrected chi connectivity index (χ3v) is 5.00. The fourth-order valence-electron chi connectivity index (χ4n) is 3.30. The third kappa shape index (κ3) is 6.79. The molecular weight excluding hydrogens is 426 g/mol. The van der Waals surface area contributed by atoms with Gasteiger partial charge in [0.2, 0.25) is 0 Å². The van der Waals surface area contributed by atoms with Gasteiger partial charge in [-0.2, -0.15) is 5.26 Å². The molecule has 9 nitrogen and oxygen atoms in total. The predicted molar refractivity (Wildman–Crippen MR) is 121 cm³/mol. The second kappa shape index (κ2) is 11.6. The van der Waals surface area contributed by atoms with Crippen molar-refractivity contribution in [2.45, 2.75) is 32.5 Å². The number of nitrogens with one attached hydrogen (secondary N) is 1. The molecule has 0 spiro atoms. The Morgan fingerprint density at radius 3 is 2.70 bits per heavy atom. The lowest BCUT2D eigenvalue weighted by Gasteiger charge is -2.13. The molecule has 0 aromatic heterocycles. The van der Waals surface area contributed by atoms with E-state index in [1.165, 1.54) is 18.2 Å². The maximum absolute atomic E-state index is 12.4. The summed E-state index contributed by atoms with van der Waals surface area (Å²) in [6.07, 6.45) is 3.35. The molecule has 0 saturated carbocycles. The van der Waals surface area contributed by atoms with Gasteiger partial charge in [0.25, 0.3) is 11.6 Å². The van der Waals surface area contributed by atoms with Crippen LogP contribution in [0.25, 0.3) is 6.08 Å². The van der Waals surface area contributed by atoms with E-state index in [2.05, 4.69) is 5.32 Å². The van der Waals surface area contributed by atoms with Gasteiger partial charge in [-0.15, -0.1) is 0 Å². The zero-order valence-electron chi connectivity index (χ0n) is 18.3. The lowest BCUT2D eigenvalue weighted by Crippen LogP contribution is -2.32. The number of amides is 1. The van der Waals surface area contributed by atoms with Gasteiger partial charge in [0.1, 0.15) is 18.2 Å². The number of nitro benzene ring substituents is 1. The molecule has 2 aromatic rings. The number of rotatable bonds is 10. The monoisotopic (exact) mass is 451 g/mol. The number of carbonyl (C=O) groups excluding carboxylic acids is 1. The van der Waals surface area contributed by atoms with Crippen LogP contribution in [-0.2, 0) is 16.1 Å². The van der Waals surface area contributed by atoms with Crippen molar-refractivity contribution < 1.29 is 23.9 Å². The summed E-state index contributed by atoms with van der Waals surface area (Å²) in [7, 11) is 0. The van der Waals surface area contributed by atoms with E-state index in [-0.39, 0.29) is 24.0 Å². The number of hydrogen-bond acceptors (Lipinski definition) is 7. The van der Waals surface area contributed by atoms with Gasteiger partial charge in [-0.3, -0.25) is 14.9 Å². The predicted octanol–water partition coefficient (Wildman–Crippen LogP) is 3.77. The molecule has 1 saturated heterocycles. The van der Waals surface area contributed by atoms with Gasteiger partial charge in [-0.05, 0) is 61.2 Å². The highest BCUT2D eigenvalue weighted by atomic mass is 16.6. The van der Waals surface area contributed by atoms with Gasteiger partial charge >= 0.3 is 0 Å². The summed E-state index contributed by atoms with van der Waals surface area (Å²) in [5.74, 6) is 0.489. The maximum atomic E-state index is 12.4. The molecule has 1 fully saturated rings. The van der Waals surface area contributed by atoms with Gasteiger partial charge in [0.15, 0.2) is 11.5 Å². The van der Waals surface area contributed by atoms with Gasteiger partial charge < -0.3 is 19.5 Å². The first-order chi connectivity index (χ1) is 16.0. The summed E-state index contributed by atoms with van der Waals surface area (Å²) in [6, 6.07) is 13.1. The molecule has 1 aliphatic heterocycles. The van der Waals surface area contributed by atoms with E-state index in [0.717, 1.165) is 18.4 Å². The Bertz CT molecular complexity index is 1050. The van der Waals surface area contributed by atoms with E-state index >= 15 is 0 Å². The average Bonchev–Trinajstić information content (AvgIpc) is 3.34. The summed E-state index contributed by atoms with van der Waals surface area (Å²) in [5.41, 5.74) is 1.37. The molecule has 0 unspecified atom stereocenters. The summed E-state index contributed by atoms with van der Waals surface area (Å²) < 4.78 is 17.0. The zero-order chi connectivity index (χ0) is 23.6. The van der Waals surface area contributed by atoms with Gasteiger partial charge in [0, 0.05) is 25.3 Å². The van der Waals surface area contributed by atoms with E-state index in [1.807, 2.05) is 13.0 Å². The summed E-state index contributed by atoms with van der Waals surface area (Å²) in [6.45, 7) is 3.50. The molecular formula is C24H25N3O6. The lowest BCUT2D eigenvalue weighted by molar-refractivity contribution is -0.384. The number of nitro groups is 1. The van der Waals surface area contributed by atoms with Crippen molar-refractivity contribution >= 4 is 17.7 Å². The Labute approximate surface area is 191 Å². The highest BCUT2D eigenvalue weighted by Crippen LogP contribution is 2.30. The molecule has 0 bridgehead atoms. The quantitative estimate of drug-likeness (QED) is 0.252. The normalized spacial score (nSPS) is 15.5. The fraction of sp³-hybridized carbons (Fsp3) is 0.333. The molecule has 1 N–H and O–H groups in total. The summed E-state index contributed by atoms with van der Waals surface area (Å²) in [5, 5.41) is 23.0. The molecule has 9 heteroatoms. The van der Waals surface area contributed by atoms with E-state index in [4.69, 9.17) is 14.2 Å². The Hall–Kier alpha value is -3.90.